The predicted molar refractivity (Wildman–Crippen MR) is 80.1 cm³/mol. The molecular formula is C14H13Cl2NO3. The van der Waals surface area contributed by atoms with Gasteiger partial charge in [-0.2, -0.15) is 0 Å². The van der Waals surface area contributed by atoms with E-state index in [0.29, 0.717) is 23.5 Å². The normalized spacial score (nSPS) is 10.3. The van der Waals surface area contributed by atoms with E-state index in [1.165, 1.54) is 7.11 Å². The molecule has 6 heteroatoms. The molecule has 0 saturated heterocycles. The van der Waals surface area contributed by atoms with E-state index in [1.807, 2.05) is 0 Å². The highest BCUT2D eigenvalue weighted by molar-refractivity contribution is 6.37. The first-order chi connectivity index (χ1) is 9.52. The first-order valence-electron chi connectivity index (χ1n) is 5.79. The van der Waals surface area contributed by atoms with Crippen LogP contribution in [-0.2, 0) is 6.54 Å². The number of para-hydroxylation sites is 1. The van der Waals surface area contributed by atoms with Crippen molar-refractivity contribution >= 4 is 28.9 Å². The van der Waals surface area contributed by atoms with Crippen LogP contribution in [0.3, 0.4) is 0 Å². The zero-order valence-corrected chi connectivity index (χ0v) is 12.2. The van der Waals surface area contributed by atoms with Crippen LogP contribution in [0.5, 0.6) is 17.2 Å². The molecule has 0 unspecified atom stereocenters. The van der Waals surface area contributed by atoms with E-state index in [0.717, 1.165) is 0 Å². The molecule has 0 aromatic heterocycles. The van der Waals surface area contributed by atoms with Crippen LogP contribution in [-0.4, -0.2) is 17.3 Å². The van der Waals surface area contributed by atoms with Crippen molar-refractivity contribution in [2.75, 3.05) is 12.4 Å². The summed E-state index contributed by atoms with van der Waals surface area (Å²) in [5, 5.41) is 22.8. The van der Waals surface area contributed by atoms with Crippen LogP contribution in [0.15, 0.2) is 30.3 Å². The van der Waals surface area contributed by atoms with Gasteiger partial charge < -0.3 is 20.3 Å². The Hall–Kier alpha value is -1.78. The van der Waals surface area contributed by atoms with Crippen LogP contribution in [0.2, 0.25) is 10.0 Å². The van der Waals surface area contributed by atoms with Gasteiger partial charge in [-0.05, 0) is 18.2 Å². The summed E-state index contributed by atoms with van der Waals surface area (Å²) in [6, 6.07) is 8.34. The van der Waals surface area contributed by atoms with E-state index in [9.17, 15) is 10.2 Å². The monoisotopic (exact) mass is 313 g/mol. The van der Waals surface area contributed by atoms with E-state index in [1.54, 1.807) is 30.3 Å². The summed E-state index contributed by atoms with van der Waals surface area (Å²) >= 11 is 11.7. The number of halogens is 2. The average Bonchev–Trinajstić information content (AvgIpc) is 2.43. The zero-order valence-electron chi connectivity index (χ0n) is 10.7. The Kier molecular flexibility index (Phi) is 4.47. The van der Waals surface area contributed by atoms with Gasteiger partial charge in [0.1, 0.15) is 0 Å². The number of hydrogen-bond donors (Lipinski definition) is 3. The molecule has 0 atom stereocenters. The van der Waals surface area contributed by atoms with Crippen molar-refractivity contribution in [2.24, 2.45) is 0 Å². The van der Waals surface area contributed by atoms with Crippen molar-refractivity contribution in [2.45, 2.75) is 6.54 Å². The van der Waals surface area contributed by atoms with Crippen LogP contribution in [0.4, 0.5) is 5.69 Å². The maximum absolute atomic E-state index is 9.96. The van der Waals surface area contributed by atoms with Crippen molar-refractivity contribution < 1.29 is 14.9 Å². The Balaban J connectivity index is 2.17. The van der Waals surface area contributed by atoms with E-state index >= 15 is 0 Å². The molecule has 0 heterocycles. The van der Waals surface area contributed by atoms with Gasteiger partial charge in [-0.3, -0.25) is 0 Å². The number of benzene rings is 2. The lowest BCUT2D eigenvalue weighted by atomic mass is 10.2. The van der Waals surface area contributed by atoms with Gasteiger partial charge in [0.2, 0.25) is 0 Å². The van der Waals surface area contributed by atoms with E-state index in [4.69, 9.17) is 27.9 Å². The molecule has 0 aliphatic heterocycles. The number of hydrogen-bond acceptors (Lipinski definition) is 4. The number of nitrogens with one attached hydrogen (secondary N) is 1. The van der Waals surface area contributed by atoms with Gasteiger partial charge in [0, 0.05) is 17.8 Å². The molecule has 0 fully saturated rings. The molecule has 2 aromatic rings. The van der Waals surface area contributed by atoms with Gasteiger partial charge in [-0.25, -0.2) is 0 Å². The minimum absolute atomic E-state index is 0.0819. The van der Waals surface area contributed by atoms with Crippen LogP contribution >= 0.6 is 23.2 Å². The lowest BCUT2D eigenvalue weighted by Crippen LogP contribution is -2.00. The number of aromatic hydroxyl groups is 2. The molecule has 0 saturated carbocycles. The van der Waals surface area contributed by atoms with Crippen LogP contribution in [0.25, 0.3) is 0 Å². The molecule has 2 rings (SSSR count). The fourth-order valence-corrected chi connectivity index (χ4v) is 2.23. The SMILES string of the molecule is COc1cccc(CNc2cc(Cl)c(O)c(Cl)c2)c1O. The topological polar surface area (TPSA) is 61.7 Å². The number of methoxy groups -OCH3 is 1. The Morgan fingerprint density at radius 3 is 2.35 bits per heavy atom. The lowest BCUT2D eigenvalue weighted by molar-refractivity contribution is 0.371. The van der Waals surface area contributed by atoms with Gasteiger partial charge >= 0.3 is 0 Å². The second-order valence-corrected chi connectivity index (χ2v) is 4.92. The highest BCUT2D eigenvalue weighted by Crippen LogP contribution is 2.35. The molecular weight excluding hydrogens is 301 g/mol. The first-order valence-corrected chi connectivity index (χ1v) is 6.55. The van der Waals surface area contributed by atoms with E-state index in [-0.39, 0.29) is 21.5 Å². The largest absolute Gasteiger partial charge is 0.505 e. The summed E-state index contributed by atoms with van der Waals surface area (Å²) in [4.78, 5) is 0. The van der Waals surface area contributed by atoms with Gasteiger partial charge in [-0.1, -0.05) is 35.3 Å². The molecule has 2 aromatic carbocycles. The molecule has 20 heavy (non-hydrogen) atoms. The van der Waals surface area contributed by atoms with Crippen molar-refractivity contribution in [3.05, 3.63) is 45.9 Å². The summed E-state index contributed by atoms with van der Waals surface area (Å²) < 4.78 is 5.04. The Morgan fingerprint density at radius 2 is 1.75 bits per heavy atom. The maximum Gasteiger partial charge on any atom is 0.162 e. The third-order valence-electron chi connectivity index (χ3n) is 2.80. The number of rotatable bonds is 4. The number of ether oxygens (including phenoxy) is 1. The third-order valence-corrected chi connectivity index (χ3v) is 3.38. The fourth-order valence-electron chi connectivity index (χ4n) is 1.74. The molecule has 0 aliphatic rings. The van der Waals surface area contributed by atoms with Crippen molar-refractivity contribution in [3.63, 3.8) is 0 Å². The lowest BCUT2D eigenvalue weighted by Gasteiger charge is -2.11. The van der Waals surface area contributed by atoms with Crippen LogP contribution in [0.1, 0.15) is 5.56 Å². The Morgan fingerprint density at radius 1 is 1.10 bits per heavy atom. The number of phenolic OH excluding ortho intramolecular Hbond substituents is 2. The summed E-state index contributed by atoms with van der Waals surface area (Å²) in [5.74, 6) is 0.340. The quantitative estimate of drug-likeness (QED) is 0.746. The van der Waals surface area contributed by atoms with Gasteiger partial charge in [0.25, 0.3) is 0 Å². The van der Waals surface area contributed by atoms with Crippen molar-refractivity contribution in [3.8, 4) is 17.2 Å². The Labute approximate surface area is 126 Å². The molecule has 0 spiro atoms. The smallest absolute Gasteiger partial charge is 0.162 e. The summed E-state index contributed by atoms with van der Waals surface area (Å²) in [5.41, 5.74) is 1.31. The number of anilines is 1. The van der Waals surface area contributed by atoms with Crippen LogP contribution in [0, 0.1) is 0 Å². The predicted octanol–water partition coefficient (Wildman–Crippen LogP) is 4.03. The summed E-state index contributed by atoms with van der Waals surface area (Å²) in [7, 11) is 1.49. The Bertz CT molecular complexity index is 609. The van der Waals surface area contributed by atoms with Crippen LogP contribution < -0.4 is 10.1 Å². The van der Waals surface area contributed by atoms with E-state index < -0.39 is 0 Å². The second kappa shape index (κ2) is 6.11. The molecule has 0 aliphatic carbocycles. The molecule has 0 radical (unpaired) electrons. The minimum atomic E-state index is -0.150. The minimum Gasteiger partial charge on any atom is -0.505 e. The fraction of sp³-hybridized carbons (Fsp3) is 0.143. The van der Waals surface area contributed by atoms with Gasteiger partial charge in [0.05, 0.1) is 17.2 Å². The first kappa shape index (κ1) is 14.6. The van der Waals surface area contributed by atoms with Gasteiger partial charge in [0.15, 0.2) is 17.2 Å². The molecule has 106 valence electrons. The maximum atomic E-state index is 9.96. The molecule has 0 amide bonds. The van der Waals surface area contributed by atoms with Crippen molar-refractivity contribution in [1.29, 1.82) is 0 Å². The highest BCUT2D eigenvalue weighted by Gasteiger charge is 2.09. The molecule has 4 nitrogen and oxygen atoms in total. The third kappa shape index (κ3) is 3.03. The molecule has 3 N–H and O–H groups in total. The summed E-state index contributed by atoms with van der Waals surface area (Å²) in [6.07, 6.45) is 0. The number of phenols is 2. The standard InChI is InChI=1S/C14H13Cl2NO3/c1-20-12-4-2-3-8(13(12)18)7-17-9-5-10(15)14(19)11(16)6-9/h2-6,17-19H,7H2,1H3. The molecule has 0 bridgehead atoms. The second-order valence-electron chi connectivity index (χ2n) is 4.11. The van der Waals surface area contributed by atoms with Crippen molar-refractivity contribution in [1.82, 2.24) is 0 Å². The van der Waals surface area contributed by atoms with Gasteiger partial charge in [-0.15, -0.1) is 0 Å². The average molecular weight is 314 g/mol. The summed E-state index contributed by atoms with van der Waals surface area (Å²) in [6.45, 7) is 0.362. The zero-order chi connectivity index (χ0) is 14.7. The van der Waals surface area contributed by atoms with E-state index in [2.05, 4.69) is 5.32 Å². The highest BCUT2D eigenvalue weighted by atomic mass is 35.5.